The lowest BCUT2D eigenvalue weighted by atomic mass is 10.2. The third kappa shape index (κ3) is 7.74. The van der Waals surface area contributed by atoms with E-state index < -0.39 is 0 Å². The quantitative estimate of drug-likeness (QED) is 0.533. The van der Waals surface area contributed by atoms with Crippen molar-refractivity contribution < 1.29 is 0 Å². The fraction of sp³-hybridized carbons (Fsp3) is 0.857. The molecular formula is C14H34N2Si. The van der Waals surface area contributed by atoms with Crippen molar-refractivity contribution in [2.24, 2.45) is 0 Å². The van der Waals surface area contributed by atoms with Crippen LogP contribution < -0.4 is 0 Å². The molecule has 0 aliphatic heterocycles. The Morgan fingerprint density at radius 2 is 1.29 bits per heavy atom. The molecule has 1 atom stereocenters. The molecular weight excluding hydrogens is 224 g/mol. The van der Waals surface area contributed by atoms with E-state index in [1.54, 1.807) is 0 Å². The highest BCUT2D eigenvalue weighted by molar-refractivity contribution is 6.16. The zero-order valence-corrected chi connectivity index (χ0v) is 15.3. The van der Waals surface area contributed by atoms with Gasteiger partial charge in [-0.25, -0.2) is 0 Å². The maximum absolute atomic E-state index is 3.42. The summed E-state index contributed by atoms with van der Waals surface area (Å²) in [6.45, 7) is 21.6. The first-order valence-electron chi connectivity index (χ1n) is 6.95. The van der Waals surface area contributed by atoms with Crippen LogP contribution in [0.15, 0.2) is 12.3 Å². The first kappa shape index (κ1) is 19.2. The van der Waals surface area contributed by atoms with Gasteiger partial charge in [0.15, 0.2) is 0 Å². The summed E-state index contributed by atoms with van der Waals surface area (Å²) in [5.41, 5.74) is 1.89. The molecule has 0 fully saturated rings. The first-order chi connectivity index (χ1) is 7.87. The van der Waals surface area contributed by atoms with Crippen LogP contribution in [-0.2, 0) is 0 Å². The Bertz CT molecular complexity index is 169. The van der Waals surface area contributed by atoms with Crippen LogP contribution in [0.4, 0.5) is 0 Å². The summed E-state index contributed by atoms with van der Waals surface area (Å²) >= 11 is 0. The number of nitrogens with zero attached hydrogens (tertiary/aromatic N) is 2. The topological polar surface area (TPSA) is 6.48 Å². The molecule has 0 amide bonds. The van der Waals surface area contributed by atoms with Gasteiger partial charge in [-0.05, 0) is 47.7 Å². The van der Waals surface area contributed by atoms with Crippen molar-refractivity contribution in [2.45, 2.75) is 66.7 Å². The Labute approximate surface area is 112 Å². The molecule has 0 aliphatic rings. The van der Waals surface area contributed by atoms with Crippen LogP contribution >= 0.6 is 0 Å². The van der Waals surface area contributed by atoms with E-state index in [4.69, 9.17) is 0 Å². The van der Waals surface area contributed by atoms with Crippen LogP contribution in [0.25, 0.3) is 0 Å². The summed E-state index contributed by atoms with van der Waals surface area (Å²) in [6.07, 6.45) is 0.546. The molecule has 0 saturated heterocycles. The molecule has 0 bridgehead atoms. The number of hydrogen-bond donors (Lipinski definition) is 0. The van der Waals surface area contributed by atoms with E-state index in [1.165, 1.54) is 0 Å². The maximum atomic E-state index is 3.42. The van der Waals surface area contributed by atoms with Crippen LogP contribution in [0, 0.1) is 0 Å². The van der Waals surface area contributed by atoms with Crippen LogP contribution in [0.2, 0.25) is 0 Å². The van der Waals surface area contributed by atoms with E-state index in [0.717, 1.165) is 23.3 Å². The minimum absolute atomic E-state index is 0.546. The van der Waals surface area contributed by atoms with Gasteiger partial charge >= 0.3 is 0 Å². The average molecular weight is 259 g/mol. The van der Waals surface area contributed by atoms with Gasteiger partial charge in [-0.2, -0.15) is 0 Å². The van der Waals surface area contributed by atoms with Gasteiger partial charge in [0.1, 0.15) is 0 Å². The molecule has 0 saturated carbocycles. The largest absolute Gasteiger partial charge is 0.289 e. The van der Waals surface area contributed by atoms with Crippen molar-refractivity contribution in [1.29, 1.82) is 0 Å². The smallest absolute Gasteiger partial charge is 0.0597 e. The molecule has 104 valence electrons. The first-order valence-corrected chi connectivity index (χ1v) is 8.11. The van der Waals surface area contributed by atoms with Crippen molar-refractivity contribution >= 4 is 10.2 Å². The molecule has 0 aromatic rings. The summed E-state index contributed by atoms with van der Waals surface area (Å²) in [6, 6.07) is 1.23. The Balaban J connectivity index is 0. The maximum Gasteiger partial charge on any atom is 0.0597 e. The zero-order chi connectivity index (χ0) is 14.0. The van der Waals surface area contributed by atoms with Crippen LogP contribution in [0.1, 0.15) is 48.5 Å². The fourth-order valence-corrected chi connectivity index (χ4v) is 2.40. The molecule has 0 radical (unpaired) electrons. The Morgan fingerprint density at radius 1 is 1.00 bits per heavy atom. The van der Waals surface area contributed by atoms with Gasteiger partial charge in [0.05, 0.1) is 6.17 Å². The van der Waals surface area contributed by atoms with Crippen molar-refractivity contribution in [1.82, 2.24) is 9.80 Å². The molecule has 0 aliphatic carbocycles. The SMILES string of the molecule is C=C[SiH3].CCN(CC)C(C)N(C(C)C)C(C)C. The van der Waals surface area contributed by atoms with E-state index in [9.17, 15) is 0 Å². The average Bonchev–Trinajstić information content (AvgIpc) is 2.19. The molecule has 2 nitrogen and oxygen atoms in total. The van der Waals surface area contributed by atoms with Crippen LogP contribution in [-0.4, -0.2) is 51.4 Å². The lowest BCUT2D eigenvalue weighted by Crippen LogP contribution is -2.52. The summed E-state index contributed by atoms with van der Waals surface area (Å²) < 4.78 is 0. The van der Waals surface area contributed by atoms with Gasteiger partial charge in [0, 0.05) is 22.3 Å². The predicted octanol–water partition coefficient (Wildman–Crippen LogP) is 2.29. The molecule has 0 aromatic heterocycles. The van der Waals surface area contributed by atoms with E-state index in [2.05, 4.69) is 64.8 Å². The fourth-order valence-electron chi connectivity index (χ4n) is 2.40. The highest BCUT2D eigenvalue weighted by atomic mass is 28.1. The lowest BCUT2D eigenvalue weighted by molar-refractivity contribution is 0.0156. The highest BCUT2D eigenvalue weighted by Gasteiger charge is 2.23. The summed E-state index contributed by atoms with van der Waals surface area (Å²) in [5.74, 6) is 0. The Morgan fingerprint density at radius 3 is 1.47 bits per heavy atom. The Kier molecular flexibility index (Phi) is 12.4. The molecule has 0 rings (SSSR count). The highest BCUT2D eigenvalue weighted by Crippen LogP contribution is 2.13. The molecule has 0 N–H and O–H groups in total. The van der Waals surface area contributed by atoms with Crippen LogP contribution in [0.5, 0.6) is 0 Å². The third-order valence-corrected chi connectivity index (χ3v) is 2.96. The minimum atomic E-state index is 0.546. The summed E-state index contributed by atoms with van der Waals surface area (Å²) in [5, 5.41) is 0. The van der Waals surface area contributed by atoms with Crippen LogP contribution in [0.3, 0.4) is 0 Å². The van der Waals surface area contributed by atoms with Crippen molar-refractivity contribution in [3.63, 3.8) is 0 Å². The second kappa shape index (κ2) is 11.0. The van der Waals surface area contributed by atoms with E-state index in [1.807, 2.05) is 5.70 Å². The number of rotatable bonds is 6. The Hall–Kier alpha value is -0.123. The monoisotopic (exact) mass is 258 g/mol. The van der Waals surface area contributed by atoms with E-state index in [-0.39, 0.29) is 0 Å². The van der Waals surface area contributed by atoms with Gasteiger partial charge in [-0.3, -0.25) is 9.80 Å². The normalized spacial score (nSPS) is 13.1. The van der Waals surface area contributed by atoms with Gasteiger partial charge in [-0.15, -0.1) is 12.3 Å². The summed E-state index contributed by atoms with van der Waals surface area (Å²) in [7, 11) is 1.13. The zero-order valence-electron chi connectivity index (χ0n) is 13.3. The van der Waals surface area contributed by atoms with Gasteiger partial charge in [0.25, 0.3) is 0 Å². The van der Waals surface area contributed by atoms with Gasteiger partial charge in [-0.1, -0.05) is 13.8 Å². The summed E-state index contributed by atoms with van der Waals surface area (Å²) in [4.78, 5) is 5.06. The van der Waals surface area contributed by atoms with E-state index >= 15 is 0 Å². The second-order valence-electron chi connectivity index (χ2n) is 4.90. The predicted molar refractivity (Wildman–Crippen MR) is 84.6 cm³/mol. The van der Waals surface area contributed by atoms with Gasteiger partial charge in [0.2, 0.25) is 0 Å². The van der Waals surface area contributed by atoms with E-state index in [0.29, 0.717) is 18.2 Å². The third-order valence-electron chi connectivity index (χ3n) is 2.96. The van der Waals surface area contributed by atoms with Gasteiger partial charge < -0.3 is 0 Å². The lowest BCUT2D eigenvalue weighted by Gasteiger charge is -2.41. The molecule has 3 heteroatoms. The van der Waals surface area contributed by atoms with Crippen molar-refractivity contribution in [3.05, 3.63) is 12.3 Å². The standard InChI is InChI=1S/C12H28N2.C2H6Si/c1-8-13(9-2)12(7)14(10(3)4)11(5)6;1-2-3/h10-12H,8-9H2,1-7H3;2H,1H2,3H3. The van der Waals surface area contributed by atoms with Crippen molar-refractivity contribution in [3.8, 4) is 0 Å². The molecule has 0 aromatic carbocycles. The molecule has 0 spiro atoms. The molecule has 1 unspecified atom stereocenters. The minimum Gasteiger partial charge on any atom is -0.289 e. The molecule has 17 heavy (non-hydrogen) atoms. The second-order valence-corrected chi connectivity index (χ2v) is 5.71. The molecule has 0 heterocycles. The number of hydrogen-bond acceptors (Lipinski definition) is 2. The van der Waals surface area contributed by atoms with Crippen molar-refractivity contribution in [2.75, 3.05) is 13.1 Å².